The van der Waals surface area contributed by atoms with Crippen LogP contribution in [0.4, 0.5) is 10.1 Å². The lowest BCUT2D eigenvalue weighted by Crippen LogP contribution is -2.30. The van der Waals surface area contributed by atoms with Crippen molar-refractivity contribution in [2.45, 2.75) is 20.0 Å². The SMILES string of the molecule is Cc1ccn2cc(-c3cccc(NC(=O)[C@@H](C)Oc4ccc(F)cc4)c3)nc2c1. The highest BCUT2D eigenvalue weighted by Crippen LogP contribution is 2.23. The molecule has 0 unspecified atom stereocenters. The molecule has 0 saturated heterocycles. The monoisotopic (exact) mass is 389 g/mol. The highest BCUT2D eigenvalue weighted by atomic mass is 19.1. The summed E-state index contributed by atoms with van der Waals surface area (Å²) in [6.07, 6.45) is 3.19. The van der Waals surface area contributed by atoms with Crippen LogP contribution in [0, 0.1) is 12.7 Å². The van der Waals surface area contributed by atoms with Crippen LogP contribution in [-0.2, 0) is 4.79 Å². The molecular formula is C23H20FN3O2. The Bertz CT molecular complexity index is 1170. The summed E-state index contributed by atoms with van der Waals surface area (Å²) in [4.78, 5) is 17.1. The number of amides is 1. The van der Waals surface area contributed by atoms with Crippen molar-refractivity contribution in [1.29, 1.82) is 0 Å². The van der Waals surface area contributed by atoms with Crippen LogP contribution in [0.25, 0.3) is 16.9 Å². The third kappa shape index (κ3) is 4.27. The first-order chi connectivity index (χ1) is 14.0. The van der Waals surface area contributed by atoms with Crippen molar-refractivity contribution in [2.24, 2.45) is 0 Å². The summed E-state index contributed by atoms with van der Waals surface area (Å²) in [5, 5.41) is 2.85. The van der Waals surface area contributed by atoms with Crippen LogP contribution in [0.5, 0.6) is 5.75 Å². The number of nitrogens with one attached hydrogen (secondary N) is 1. The second-order valence-electron chi connectivity index (χ2n) is 6.88. The van der Waals surface area contributed by atoms with Gasteiger partial charge in [0.2, 0.25) is 0 Å². The Morgan fingerprint density at radius 2 is 1.93 bits per heavy atom. The maximum absolute atomic E-state index is 13.0. The maximum Gasteiger partial charge on any atom is 0.265 e. The predicted octanol–water partition coefficient (Wildman–Crippen LogP) is 4.85. The van der Waals surface area contributed by atoms with Gasteiger partial charge >= 0.3 is 0 Å². The highest BCUT2D eigenvalue weighted by molar-refractivity contribution is 5.94. The fraction of sp³-hybridized carbons (Fsp3) is 0.130. The van der Waals surface area contributed by atoms with Gasteiger partial charge in [0.1, 0.15) is 17.2 Å². The molecule has 2 heterocycles. The molecule has 0 spiro atoms. The number of benzene rings is 2. The van der Waals surface area contributed by atoms with E-state index in [-0.39, 0.29) is 11.7 Å². The van der Waals surface area contributed by atoms with Gasteiger partial charge in [-0.25, -0.2) is 9.37 Å². The molecule has 2 aromatic heterocycles. The zero-order valence-corrected chi connectivity index (χ0v) is 16.1. The van der Waals surface area contributed by atoms with Crippen LogP contribution in [-0.4, -0.2) is 21.4 Å². The lowest BCUT2D eigenvalue weighted by molar-refractivity contribution is -0.122. The number of aryl methyl sites for hydroxylation is 1. The number of halogens is 1. The minimum atomic E-state index is -0.734. The zero-order valence-electron chi connectivity index (χ0n) is 16.1. The fourth-order valence-electron chi connectivity index (χ4n) is 2.99. The molecule has 0 bridgehead atoms. The Kier molecular flexibility index (Phi) is 4.99. The molecule has 2 aromatic carbocycles. The number of rotatable bonds is 5. The van der Waals surface area contributed by atoms with Crippen LogP contribution in [0.3, 0.4) is 0 Å². The number of hydrogen-bond donors (Lipinski definition) is 1. The lowest BCUT2D eigenvalue weighted by atomic mass is 10.1. The molecule has 0 aliphatic carbocycles. The van der Waals surface area contributed by atoms with Crippen molar-refractivity contribution in [2.75, 3.05) is 5.32 Å². The highest BCUT2D eigenvalue weighted by Gasteiger charge is 2.15. The van der Waals surface area contributed by atoms with Gasteiger partial charge in [0.25, 0.3) is 5.91 Å². The summed E-state index contributed by atoms with van der Waals surface area (Å²) in [5.74, 6) is -0.215. The summed E-state index contributed by atoms with van der Waals surface area (Å²) in [6, 6.07) is 17.1. The number of pyridine rings is 1. The van der Waals surface area contributed by atoms with Gasteiger partial charge in [0.05, 0.1) is 5.69 Å². The third-order valence-corrected chi connectivity index (χ3v) is 4.54. The molecule has 4 aromatic rings. The standard InChI is InChI=1S/C23H20FN3O2/c1-15-10-11-27-14-21(26-22(27)12-15)17-4-3-5-19(13-17)25-23(28)16(2)29-20-8-6-18(24)7-9-20/h3-14,16H,1-2H3,(H,25,28)/t16-/m1/s1. The summed E-state index contributed by atoms with van der Waals surface area (Å²) in [5.41, 5.74) is 4.38. The minimum absolute atomic E-state index is 0.294. The van der Waals surface area contributed by atoms with Gasteiger partial charge in [-0.15, -0.1) is 0 Å². The normalized spacial score (nSPS) is 12.0. The molecule has 0 radical (unpaired) electrons. The molecule has 0 fully saturated rings. The quantitative estimate of drug-likeness (QED) is 0.531. The molecule has 1 amide bonds. The molecule has 0 saturated carbocycles. The largest absolute Gasteiger partial charge is 0.481 e. The Balaban J connectivity index is 1.49. The van der Waals surface area contributed by atoms with Crippen LogP contribution in [0.15, 0.2) is 73.1 Å². The van der Waals surface area contributed by atoms with Crippen molar-refractivity contribution in [1.82, 2.24) is 9.38 Å². The second-order valence-corrected chi connectivity index (χ2v) is 6.88. The predicted molar refractivity (Wildman–Crippen MR) is 110 cm³/mol. The van der Waals surface area contributed by atoms with Gasteiger partial charge in [-0.2, -0.15) is 0 Å². The molecule has 6 heteroatoms. The van der Waals surface area contributed by atoms with Gasteiger partial charge in [-0.05, 0) is 67.9 Å². The maximum atomic E-state index is 13.0. The van der Waals surface area contributed by atoms with Crippen molar-refractivity contribution in [3.8, 4) is 17.0 Å². The smallest absolute Gasteiger partial charge is 0.265 e. The van der Waals surface area contributed by atoms with Gasteiger partial charge < -0.3 is 14.5 Å². The van der Waals surface area contributed by atoms with E-state index in [1.54, 1.807) is 6.92 Å². The molecule has 1 atom stereocenters. The number of nitrogens with zero attached hydrogens (tertiary/aromatic N) is 2. The number of carbonyl (C=O) groups excluding carboxylic acids is 1. The van der Waals surface area contributed by atoms with Gasteiger partial charge in [0, 0.05) is 23.6 Å². The van der Waals surface area contributed by atoms with E-state index < -0.39 is 6.10 Å². The van der Waals surface area contributed by atoms with Gasteiger partial charge in [-0.1, -0.05) is 12.1 Å². The number of carbonyl (C=O) groups is 1. The summed E-state index contributed by atoms with van der Waals surface area (Å²) < 4.78 is 20.5. The van der Waals surface area contributed by atoms with Crippen molar-refractivity contribution >= 4 is 17.2 Å². The number of anilines is 1. The van der Waals surface area contributed by atoms with Crippen LogP contribution in [0.2, 0.25) is 0 Å². The van der Waals surface area contributed by atoms with E-state index in [4.69, 9.17) is 4.74 Å². The van der Waals surface area contributed by atoms with Crippen LogP contribution < -0.4 is 10.1 Å². The first kappa shape index (κ1) is 18.7. The van der Waals surface area contributed by atoms with Crippen molar-refractivity contribution < 1.29 is 13.9 Å². The molecule has 146 valence electrons. The molecule has 1 N–H and O–H groups in total. The van der Waals surface area contributed by atoms with Gasteiger partial charge in [-0.3, -0.25) is 4.79 Å². The number of hydrogen-bond acceptors (Lipinski definition) is 3. The Morgan fingerprint density at radius 3 is 2.72 bits per heavy atom. The van der Waals surface area contributed by atoms with Crippen LogP contribution >= 0.6 is 0 Å². The number of imidazole rings is 1. The van der Waals surface area contributed by atoms with Gasteiger partial charge in [0.15, 0.2) is 6.10 Å². The van der Waals surface area contributed by atoms with Crippen molar-refractivity contribution in [3.63, 3.8) is 0 Å². The fourth-order valence-corrected chi connectivity index (χ4v) is 2.99. The topological polar surface area (TPSA) is 55.6 Å². The van der Waals surface area contributed by atoms with Crippen LogP contribution in [0.1, 0.15) is 12.5 Å². The van der Waals surface area contributed by atoms with E-state index in [0.29, 0.717) is 11.4 Å². The van der Waals surface area contributed by atoms with E-state index in [1.165, 1.54) is 24.3 Å². The molecule has 29 heavy (non-hydrogen) atoms. The molecule has 0 aliphatic heterocycles. The first-order valence-electron chi connectivity index (χ1n) is 9.27. The minimum Gasteiger partial charge on any atom is -0.481 e. The molecule has 5 nitrogen and oxygen atoms in total. The average molecular weight is 389 g/mol. The molecule has 4 rings (SSSR count). The number of fused-ring (bicyclic) bond motifs is 1. The molecular weight excluding hydrogens is 369 g/mol. The van der Waals surface area contributed by atoms with E-state index >= 15 is 0 Å². The average Bonchev–Trinajstić information content (AvgIpc) is 3.13. The zero-order chi connectivity index (χ0) is 20.4. The number of aromatic nitrogens is 2. The van der Waals surface area contributed by atoms with E-state index in [0.717, 1.165) is 22.5 Å². The Morgan fingerprint density at radius 1 is 1.14 bits per heavy atom. The first-order valence-corrected chi connectivity index (χ1v) is 9.27. The summed E-state index contributed by atoms with van der Waals surface area (Å²) >= 11 is 0. The van der Waals surface area contributed by atoms with E-state index in [9.17, 15) is 9.18 Å². The number of ether oxygens (including phenoxy) is 1. The van der Waals surface area contributed by atoms with E-state index in [1.807, 2.05) is 60.1 Å². The molecule has 0 aliphatic rings. The lowest BCUT2D eigenvalue weighted by Gasteiger charge is -2.15. The second kappa shape index (κ2) is 7.75. The Labute approximate surface area is 167 Å². The third-order valence-electron chi connectivity index (χ3n) is 4.54. The van der Waals surface area contributed by atoms with E-state index in [2.05, 4.69) is 10.3 Å². The summed E-state index contributed by atoms with van der Waals surface area (Å²) in [6.45, 7) is 3.67. The summed E-state index contributed by atoms with van der Waals surface area (Å²) in [7, 11) is 0. The Hall–Kier alpha value is -3.67. The van der Waals surface area contributed by atoms with Crippen molar-refractivity contribution in [3.05, 3.63) is 84.4 Å².